The highest BCUT2D eigenvalue weighted by atomic mass is 16.4. The average molecular weight is 720 g/mol. The number of aromatic nitrogens is 5. The predicted octanol–water partition coefficient (Wildman–Crippen LogP) is 12.5. The molecule has 0 aliphatic carbocycles. The van der Waals surface area contributed by atoms with Crippen LogP contribution in [0, 0.1) is 0 Å². The van der Waals surface area contributed by atoms with Gasteiger partial charge in [-0.05, 0) is 63.4 Å². The summed E-state index contributed by atoms with van der Waals surface area (Å²) in [7, 11) is 0. The van der Waals surface area contributed by atoms with Gasteiger partial charge in [0.1, 0.15) is 22.4 Å². The second-order valence-electron chi connectivity index (χ2n) is 13.7. The maximum Gasteiger partial charge on any atom is 0.246 e. The molecular weight excluding hydrogens is 691 g/mol. The van der Waals surface area contributed by atoms with E-state index in [1.807, 2.05) is 97.1 Å². The van der Waals surface area contributed by atoms with Gasteiger partial charge in [0.15, 0.2) is 23.1 Å². The minimum absolute atomic E-state index is 0.486. The summed E-state index contributed by atoms with van der Waals surface area (Å²) < 4.78 is 12.5. The summed E-state index contributed by atoms with van der Waals surface area (Å²) in [6.07, 6.45) is 1.74. The fraction of sp³-hybridized carbons (Fsp3) is 0. The van der Waals surface area contributed by atoms with E-state index in [0.29, 0.717) is 34.6 Å². The molecule has 0 bridgehead atoms. The largest absolute Gasteiger partial charge is 0.456 e. The summed E-state index contributed by atoms with van der Waals surface area (Å²) in [5.41, 5.74) is 11.0. The third kappa shape index (κ3) is 5.49. The third-order valence-corrected chi connectivity index (χ3v) is 10.3. The van der Waals surface area contributed by atoms with Crippen LogP contribution in [0.15, 0.2) is 185 Å². The summed E-state index contributed by atoms with van der Waals surface area (Å²) in [5, 5.41) is 4.32. The van der Waals surface area contributed by atoms with E-state index in [-0.39, 0.29) is 0 Å². The van der Waals surface area contributed by atoms with E-state index < -0.39 is 0 Å². The average Bonchev–Trinajstić information content (AvgIpc) is 3.86. The maximum atomic E-state index is 6.32. The first-order valence-electron chi connectivity index (χ1n) is 18.4. The lowest BCUT2D eigenvalue weighted by atomic mass is 9.91. The van der Waals surface area contributed by atoms with Crippen LogP contribution in [0.25, 0.3) is 112 Å². The number of oxazole rings is 1. The highest BCUT2D eigenvalue weighted by molar-refractivity contribution is 6.11. The molecule has 11 aromatic rings. The molecule has 0 saturated carbocycles. The smallest absolute Gasteiger partial charge is 0.246 e. The quantitative estimate of drug-likeness (QED) is 0.169. The summed E-state index contributed by atoms with van der Waals surface area (Å²) in [6.45, 7) is 0. The Bertz CT molecular complexity index is 3170. The van der Waals surface area contributed by atoms with Crippen molar-refractivity contribution in [1.29, 1.82) is 0 Å². The molecule has 0 aliphatic heterocycles. The van der Waals surface area contributed by atoms with Gasteiger partial charge in [0.05, 0.1) is 0 Å². The van der Waals surface area contributed by atoms with Gasteiger partial charge in [-0.3, -0.25) is 4.98 Å². The Labute approximate surface area is 320 Å². The number of pyridine rings is 1. The summed E-state index contributed by atoms with van der Waals surface area (Å²) in [6, 6.07) is 57.6. The molecule has 0 amide bonds. The zero-order valence-electron chi connectivity index (χ0n) is 29.8. The minimum atomic E-state index is 0.486. The van der Waals surface area contributed by atoms with Crippen molar-refractivity contribution in [2.75, 3.05) is 0 Å². The SMILES string of the molecule is c1ccc(-c2nc(-c3ccccc3)nc(-c3ccc(-c4ccc(-c5ccc6oc7cc8nc(-c9ccccn9)oc8cc7c6c5)c5ccccc45)cc3)n2)cc1. The van der Waals surface area contributed by atoms with Crippen LogP contribution in [0.4, 0.5) is 0 Å². The van der Waals surface area contributed by atoms with Gasteiger partial charge in [0.2, 0.25) is 5.89 Å². The molecular formula is C49H29N5O2. The van der Waals surface area contributed by atoms with Crippen molar-refractivity contribution in [2.45, 2.75) is 0 Å². The Balaban J connectivity index is 0.966. The Morgan fingerprint density at radius 3 is 1.54 bits per heavy atom. The van der Waals surface area contributed by atoms with Crippen LogP contribution in [0.2, 0.25) is 0 Å². The van der Waals surface area contributed by atoms with Gasteiger partial charge in [0, 0.05) is 39.7 Å². The van der Waals surface area contributed by atoms with Gasteiger partial charge in [-0.1, -0.05) is 133 Å². The molecule has 262 valence electrons. The van der Waals surface area contributed by atoms with Crippen molar-refractivity contribution in [1.82, 2.24) is 24.9 Å². The highest BCUT2D eigenvalue weighted by Crippen LogP contribution is 2.40. The Morgan fingerprint density at radius 1 is 0.339 bits per heavy atom. The number of nitrogens with zero attached hydrogens (tertiary/aromatic N) is 5. The molecule has 0 saturated heterocycles. The Hall–Kier alpha value is -7.77. The molecule has 4 aromatic heterocycles. The molecule has 0 radical (unpaired) electrons. The summed E-state index contributed by atoms with van der Waals surface area (Å²) in [4.78, 5) is 23.8. The van der Waals surface area contributed by atoms with Crippen molar-refractivity contribution in [2.24, 2.45) is 0 Å². The Morgan fingerprint density at radius 2 is 0.893 bits per heavy atom. The van der Waals surface area contributed by atoms with Crippen LogP contribution < -0.4 is 0 Å². The lowest BCUT2D eigenvalue weighted by Gasteiger charge is -2.13. The molecule has 4 heterocycles. The van der Waals surface area contributed by atoms with Crippen LogP contribution >= 0.6 is 0 Å². The number of hydrogen-bond donors (Lipinski definition) is 0. The van der Waals surface area contributed by atoms with E-state index in [4.69, 9.17) is 23.8 Å². The van der Waals surface area contributed by atoms with Crippen LogP contribution in [0.3, 0.4) is 0 Å². The standard InChI is InChI=1S/C49H29N5O2/c1-3-11-31(12-4-1)46-52-47(32-13-5-2-6-14-32)54-48(53-46)33-20-18-30(19-21-33)35-23-24-36(38-16-8-7-15-37(35)38)34-22-25-43-39(27-34)40-28-45-42(29-44(40)55-43)51-49(56-45)41-17-9-10-26-50-41/h1-29H. The van der Waals surface area contributed by atoms with E-state index >= 15 is 0 Å². The molecule has 0 atom stereocenters. The zero-order valence-corrected chi connectivity index (χ0v) is 29.8. The van der Waals surface area contributed by atoms with E-state index in [9.17, 15) is 0 Å². The van der Waals surface area contributed by atoms with Gasteiger partial charge in [-0.25, -0.2) is 19.9 Å². The molecule has 0 fully saturated rings. The van der Waals surface area contributed by atoms with Crippen molar-refractivity contribution in [3.8, 4) is 68.0 Å². The first-order valence-corrected chi connectivity index (χ1v) is 18.4. The van der Waals surface area contributed by atoms with Crippen molar-refractivity contribution in [3.63, 3.8) is 0 Å². The van der Waals surface area contributed by atoms with E-state index in [0.717, 1.165) is 71.8 Å². The number of fused-ring (bicyclic) bond motifs is 5. The normalized spacial score (nSPS) is 11.6. The van der Waals surface area contributed by atoms with Crippen LogP contribution in [-0.2, 0) is 0 Å². The molecule has 0 unspecified atom stereocenters. The predicted molar refractivity (Wildman–Crippen MR) is 223 cm³/mol. The minimum Gasteiger partial charge on any atom is -0.456 e. The third-order valence-electron chi connectivity index (χ3n) is 10.3. The van der Waals surface area contributed by atoms with Gasteiger partial charge in [-0.15, -0.1) is 0 Å². The fourth-order valence-electron chi connectivity index (χ4n) is 7.50. The molecule has 7 heteroatoms. The molecule has 56 heavy (non-hydrogen) atoms. The number of rotatable bonds is 6. The maximum absolute atomic E-state index is 6.32. The van der Waals surface area contributed by atoms with Gasteiger partial charge in [0.25, 0.3) is 0 Å². The molecule has 0 aliphatic rings. The molecule has 0 spiro atoms. The van der Waals surface area contributed by atoms with Gasteiger partial charge < -0.3 is 8.83 Å². The van der Waals surface area contributed by atoms with Crippen molar-refractivity contribution in [3.05, 3.63) is 176 Å². The summed E-state index contributed by atoms with van der Waals surface area (Å²) in [5.74, 6) is 2.40. The molecule has 0 N–H and O–H groups in total. The number of hydrogen-bond acceptors (Lipinski definition) is 7. The van der Waals surface area contributed by atoms with Gasteiger partial charge >= 0.3 is 0 Å². The highest BCUT2D eigenvalue weighted by Gasteiger charge is 2.17. The monoisotopic (exact) mass is 719 g/mol. The second-order valence-corrected chi connectivity index (χ2v) is 13.7. The zero-order chi connectivity index (χ0) is 37.0. The van der Waals surface area contributed by atoms with E-state index in [1.165, 1.54) is 5.39 Å². The Kier molecular flexibility index (Phi) is 7.35. The lowest BCUT2D eigenvalue weighted by Crippen LogP contribution is -2.00. The van der Waals surface area contributed by atoms with Crippen LogP contribution in [0.1, 0.15) is 0 Å². The fourth-order valence-corrected chi connectivity index (χ4v) is 7.50. The molecule has 7 aromatic carbocycles. The molecule has 11 rings (SSSR count). The number of furan rings is 1. The van der Waals surface area contributed by atoms with Crippen molar-refractivity contribution < 1.29 is 8.83 Å². The first kappa shape index (κ1) is 31.7. The summed E-state index contributed by atoms with van der Waals surface area (Å²) >= 11 is 0. The van der Waals surface area contributed by atoms with E-state index in [2.05, 4.69) is 82.8 Å². The lowest BCUT2D eigenvalue weighted by molar-refractivity contribution is 0.617. The first-order chi connectivity index (χ1) is 27.7. The van der Waals surface area contributed by atoms with Gasteiger partial charge in [-0.2, -0.15) is 0 Å². The number of benzene rings is 7. The second kappa shape index (κ2) is 13.0. The van der Waals surface area contributed by atoms with E-state index in [1.54, 1.807) is 6.20 Å². The topological polar surface area (TPSA) is 90.7 Å². The van der Waals surface area contributed by atoms with Crippen molar-refractivity contribution >= 4 is 43.8 Å². The molecule has 7 nitrogen and oxygen atoms in total. The van der Waals surface area contributed by atoms with Crippen LogP contribution in [0.5, 0.6) is 0 Å². The van der Waals surface area contributed by atoms with Crippen LogP contribution in [-0.4, -0.2) is 24.9 Å².